The Morgan fingerprint density at radius 1 is 1.00 bits per heavy atom. The predicted octanol–water partition coefficient (Wildman–Crippen LogP) is 3.34. The maximum atomic E-state index is 12.5. The SMILES string of the molecule is COc1ccc(CCC(=O)Nc2ccc(N3CCN(C)CC3)cc2C)cc1OC. The number of anilines is 2. The van der Waals surface area contributed by atoms with Crippen LogP contribution >= 0.6 is 0 Å². The van der Waals surface area contributed by atoms with Crippen LogP contribution in [0.2, 0.25) is 0 Å². The molecule has 6 heteroatoms. The van der Waals surface area contributed by atoms with Gasteiger partial charge >= 0.3 is 0 Å². The van der Waals surface area contributed by atoms with Crippen molar-refractivity contribution in [1.82, 2.24) is 4.90 Å². The van der Waals surface area contributed by atoms with Crippen LogP contribution < -0.4 is 19.7 Å². The van der Waals surface area contributed by atoms with Crippen molar-refractivity contribution in [3.8, 4) is 11.5 Å². The first kappa shape index (κ1) is 21.0. The van der Waals surface area contributed by atoms with Crippen molar-refractivity contribution in [1.29, 1.82) is 0 Å². The number of nitrogens with zero attached hydrogens (tertiary/aromatic N) is 2. The number of ether oxygens (including phenoxy) is 2. The fourth-order valence-electron chi connectivity index (χ4n) is 3.56. The molecule has 1 saturated heterocycles. The highest BCUT2D eigenvalue weighted by molar-refractivity contribution is 5.91. The van der Waals surface area contributed by atoms with Gasteiger partial charge in [-0.05, 0) is 61.9 Å². The number of carbonyl (C=O) groups is 1. The van der Waals surface area contributed by atoms with E-state index in [1.165, 1.54) is 5.69 Å². The van der Waals surface area contributed by atoms with Gasteiger partial charge in [-0.1, -0.05) is 6.07 Å². The van der Waals surface area contributed by atoms with Crippen molar-refractivity contribution >= 4 is 17.3 Å². The lowest BCUT2D eigenvalue weighted by molar-refractivity contribution is -0.116. The van der Waals surface area contributed by atoms with Gasteiger partial charge in [-0.15, -0.1) is 0 Å². The molecule has 29 heavy (non-hydrogen) atoms. The number of likely N-dealkylation sites (N-methyl/N-ethyl adjacent to an activating group) is 1. The third kappa shape index (κ3) is 5.41. The number of hydrogen-bond acceptors (Lipinski definition) is 5. The second-order valence-corrected chi connectivity index (χ2v) is 7.53. The number of methoxy groups -OCH3 is 2. The van der Waals surface area contributed by atoms with Crippen molar-refractivity contribution in [2.45, 2.75) is 19.8 Å². The predicted molar refractivity (Wildman–Crippen MR) is 117 cm³/mol. The van der Waals surface area contributed by atoms with Gasteiger partial charge in [-0.3, -0.25) is 4.79 Å². The van der Waals surface area contributed by atoms with Crippen LogP contribution in [0.15, 0.2) is 36.4 Å². The van der Waals surface area contributed by atoms with Gasteiger partial charge in [0.05, 0.1) is 14.2 Å². The van der Waals surface area contributed by atoms with E-state index in [0.717, 1.165) is 43.0 Å². The molecule has 0 aromatic heterocycles. The Morgan fingerprint density at radius 2 is 1.72 bits per heavy atom. The molecule has 1 fully saturated rings. The molecule has 156 valence electrons. The summed E-state index contributed by atoms with van der Waals surface area (Å²) >= 11 is 0. The summed E-state index contributed by atoms with van der Waals surface area (Å²) in [7, 11) is 5.38. The molecule has 0 spiro atoms. The minimum absolute atomic E-state index is 0.00947. The molecule has 2 aromatic carbocycles. The highest BCUT2D eigenvalue weighted by atomic mass is 16.5. The van der Waals surface area contributed by atoms with Crippen LogP contribution in [0.3, 0.4) is 0 Å². The zero-order valence-electron chi connectivity index (χ0n) is 17.8. The number of nitrogens with one attached hydrogen (secondary N) is 1. The molecule has 3 rings (SSSR count). The van der Waals surface area contributed by atoms with E-state index in [9.17, 15) is 4.79 Å². The van der Waals surface area contributed by atoms with Gasteiger partial charge in [0.2, 0.25) is 5.91 Å². The highest BCUT2D eigenvalue weighted by Crippen LogP contribution is 2.28. The molecule has 1 N–H and O–H groups in total. The maximum absolute atomic E-state index is 12.5. The monoisotopic (exact) mass is 397 g/mol. The zero-order valence-corrected chi connectivity index (χ0v) is 17.8. The summed E-state index contributed by atoms with van der Waals surface area (Å²) in [6, 6.07) is 12.0. The van der Waals surface area contributed by atoms with Gasteiger partial charge < -0.3 is 24.6 Å². The standard InChI is InChI=1S/C23H31N3O3/c1-17-15-19(26-13-11-25(2)12-14-26)7-8-20(17)24-23(27)10-6-18-5-9-21(28-3)22(16-18)29-4/h5,7-9,15-16H,6,10-14H2,1-4H3,(H,24,27). The molecule has 0 saturated carbocycles. The van der Waals surface area contributed by atoms with Crippen molar-refractivity contribution in [2.75, 3.05) is 57.7 Å². The highest BCUT2D eigenvalue weighted by Gasteiger charge is 2.15. The Hall–Kier alpha value is -2.73. The Labute approximate surface area is 173 Å². The van der Waals surface area contributed by atoms with E-state index in [-0.39, 0.29) is 5.91 Å². The number of piperazine rings is 1. The van der Waals surface area contributed by atoms with Gasteiger partial charge in [-0.2, -0.15) is 0 Å². The Balaban J connectivity index is 1.56. The number of rotatable bonds is 7. The minimum atomic E-state index is 0.00947. The van der Waals surface area contributed by atoms with Crippen molar-refractivity contribution in [3.63, 3.8) is 0 Å². The van der Waals surface area contributed by atoms with Crippen molar-refractivity contribution < 1.29 is 14.3 Å². The topological polar surface area (TPSA) is 54.0 Å². The summed E-state index contributed by atoms with van der Waals surface area (Å²) in [5.41, 5.74) is 4.22. The molecular formula is C23H31N3O3. The quantitative estimate of drug-likeness (QED) is 0.777. The van der Waals surface area contributed by atoms with Crippen LogP contribution in [0.4, 0.5) is 11.4 Å². The Kier molecular flexibility index (Phi) is 6.99. The molecular weight excluding hydrogens is 366 g/mol. The second-order valence-electron chi connectivity index (χ2n) is 7.53. The molecule has 1 heterocycles. The fraction of sp³-hybridized carbons (Fsp3) is 0.435. The molecule has 1 aliphatic rings. The molecule has 0 atom stereocenters. The van der Waals surface area contributed by atoms with Crippen molar-refractivity contribution in [2.24, 2.45) is 0 Å². The Bertz CT molecular complexity index is 845. The molecule has 0 bridgehead atoms. The first-order chi connectivity index (χ1) is 14.0. The van der Waals surface area contributed by atoms with Gasteiger partial charge in [0.1, 0.15) is 0 Å². The summed E-state index contributed by atoms with van der Waals surface area (Å²) in [6.07, 6.45) is 1.06. The van der Waals surface area contributed by atoms with E-state index in [2.05, 4.69) is 34.3 Å². The van der Waals surface area contributed by atoms with Crippen LogP contribution in [0.5, 0.6) is 11.5 Å². The Morgan fingerprint density at radius 3 is 2.38 bits per heavy atom. The molecule has 0 aliphatic carbocycles. The van der Waals surface area contributed by atoms with Crippen LogP contribution in [-0.2, 0) is 11.2 Å². The van der Waals surface area contributed by atoms with E-state index < -0.39 is 0 Å². The lowest BCUT2D eigenvalue weighted by Gasteiger charge is -2.34. The summed E-state index contributed by atoms with van der Waals surface area (Å²) in [5.74, 6) is 1.38. The summed E-state index contributed by atoms with van der Waals surface area (Å²) in [5, 5.41) is 3.05. The molecule has 0 radical (unpaired) electrons. The third-order valence-corrected chi connectivity index (χ3v) is 5.44. The summed E-state index contributed by atoms with van der Waals surface area (Å²) in [6.45, 7) is 6.27. The maximum Gasteiger partial charge on any atom is 0.224 e. The van der Waals surface area contributed by atoms with E-state index >= 15 is 0 Å². The van der Waals surface area contributed by atoms with Crippen LogP contribution in [-0.4, -0.2) is 58.3 Å². The zero-order chi connectivity index (χ0) is 20.8. The lowest BCUT2D eigenvalue weighted by Crippen LogP contribution is -2.44. The lowest BCUT2D eigenvalue weighted by atomic mass is 10.1. The smallest absolute Gasteiger partial charge is 0.224 e. The minimum Gasteiger partial charge on any atom is -0.493 e. The average molecular weight is 398 g/mol. The largest absolute Gasteiger partial charge is 0.493 e. The second kappa shape index (κ2) is 9.65. The van der Waals surface area contributed by atoms with Gasteiger partial charge in [-0.25, -0.2) is 0 Å². The molecule has 6 nitrogen and oxygen atoms in total. The van der Waals surface area contributed by atoms with Gasteiger partial charge in [0.15, 0.2) is 11.5 Å². The summed E-state index contributed by atoms with van der Waals surface area (Å²) < 4.78 is 10.6. The fourth-order valence-corrected chi connectivity index (χ4v) is 3.56. The van der Waals surface area contributed by atoms with E-state index in [0.29, 0.717) is 24.3 Å². The normalized spacial score (nSPS) is 14.6. The van der Waals surface area contributed by atoms with Crippen LogP contribution in [0, 0.1) is 6.92 Å². The van der Waals surface area contributed by atoms with Crippen LogP contribution in [0.1, 0.15) is 17.5 Å². The first-order valence-electron chi connectivity index (χ1n) is 10.0. The number of aryl methyl sites for hydroxylation is 2. The van der Waals surface area contributed by atoms with Crippen LogP contribution in [0.25, 0.3) is 0 Å². The van der Waals surface area contributed by atoms with Crippen molar-refractivity contribution in [3.05, 3.63) is 47.5 Å². The van der Waals surface area contributed by atoms with Gasteiger partial charge in [0, 0.05) is 44.0 Å². The molecule has 1 amide bonds. The van der Waals surface area contributed by atoms with E-state index in [1.807, 2.05) is 31.2 Å². The molecule has 2 aromatic rings. The number of amides is 1. The number of carbonyl (C=O) groups excluding carboxylic acids is 1. The van der Waals surface area contributed by atoms with E-state index in [1.54, 1.807) is 14.2 Å². The summed E-state index contributed by atoms with van der Waals surface area (Å²) in [4.78, 5) is 17.2. The number of hydrogen-bond donors (Lipinski definition) is 1. The van der Waals surface area contributed by atoms with E-state index in [4.69, 9.17) is 9.47 Å². The first-order valence-corrected chi connectivity index (χ1v) is 10.0. The third-order valence-electron chi connectivity index (χ3n) is 5.44. The number of benzene rings is 2. The molecule has 1 aliphatic heterocycles. The molecule has 0 unspecified atom stereocenters. The average Bonchev–Trinajstić information content (AvgIpc) is 2.74. The van der Waals surface area contributed by atoms with Gasteiger partial charge in [0.25, 0.3) is 0 Å².